The van der Waals surface area contributed by atoms with Crippen LogP contribution in [0, 0.1) is 23.2 Å². The van der Waals surface area contributed by atoms with Crippen LogP contribution in [0.15, 0.2) is 0 Å². The predicted octanol–water partition coefficient (Wildman–Crippen LogP) is 9.13. The zero-order chi connectivity index (χ0) is 18.9. The highest BCUT2D eigenvalue weighted by Crippen LogP contribution is 2.19. The Bertz CT molecular complexity index is 193. The van der Waals surface area contributed by atoms with Gasteiger partial charge in [0.05, 0.1) is 0 Å². The first-order chi connectivity index (χ1) is 10.6. The van der Waals surface area contributed by atoms with E-state index in [-0.39, 0.29) is 0 Å². The van der Waals surface area contributed by atoms with Crippen molar-refractivity contribution in [3.05, 3.63) is 0 Å². The predicted molar refractivity (Wildman–Crippen MR) is 112 cm³/mol. The number of rotatable bonds is 8. The Hall–Kier alpha value is 0. The van der Waals surface area contributed by atoms with Crippen LogP contribution in [0.2, 0.25) is 0 Å². The zero-order valence-corrected chi connectivity index (χ0v) is 18.9. The van der Waals surface area contributed by atoms with Crippen LogP contribution in [-0.2, 0) is 0 Å². The van der Waals surface area contributed by atoms with Gasteiger partial charge in [-0.05, 0) is 29.6 Å². The summed E-state index contributed by atoms with van der Waals surface area (Å²) in [6.45, 7) is 25.0. The van der Waals surface area contributed by atoms with Gasteiger partial charge in [0.1, 0.15) is 0 Å². The molecule has 0 N–H and O–H groups in total. The molecule has 0 aliphatic heterocycles. The Labute approximate surface area is 151 Å². The molecule has 0 saturated heterocycles. The van der Waals surface area contributed by atoms with Crippen LogP contribution in [0.25, 0.3) is 0 Å². The van der Waals surface area contributed by atoms with Crippen LogP contribution in [0.3, 0.4) is 0 Å². The number of hydrogen-bond donors (Lipinski definition) is 0. The van der Waals surface area contributed by atoms with Gasteiger partial charge in [0.15, 0.2) is 0 Å². The fourth-order valence-corrected chi connectivity index (χ4v) is 2.74. The highest BCUT2D eigenvalue weighted by Gasteiger charge is 2.06. The number of hydrogen-bond acceptors (Lipinski definition) is 0. The standard InChI is InChI=1S/2C8H18.C7H16/c1-5-8(6-2)7(3)4;1-4-6-7-8(3)5-2;1-5-6-7(2,3)4/h7-8H,5-6H2,1-4H3;8H,4-7H2,1-3H3;5-6H2,1-4H3. The Kier molecular flexibility index (Phi) is 22.2. The molecule has 0 fully saturated rings. The molecule has 23 heavy (non-hydrogen) atoms. The van der Waals surface area contributed by atoms with Gasteiger partial charge in [-0.25, -0.2) is 0 Å². The maximum absolute atomic E-state index is 2.33. The van der Waals surface area contributed by atoms with Crippen LogP contribution >= 0.6 is 0 Å². The third-order valence-corrected chi connectivity index (χ3v) is 4.74. The summed E-state index contributed by atoms with van der Waals surface area (Å²) in [5.41, 5.74) is 0.550. The van der Waals surface area contributed by atoms with Gasteiger partial charge in [-0.3, -0.25) is 0 Å². The highest BCUT2D eigenvalue weighted by molar-refractivity contribution is 4.58. The van der Waals surface area contributed by atoms with Crippen molar-refractivity contribution in [2.75, 3.05) is 0 Å². The lowest BCUT2D eigenvalue weighted by Gasteiger charge is -2.15. The van der Waals surface area contributed by atoms with Gasteiger partial charge in [0.2, 0.25) is 0 Å². The molecule has 0 bridgehead atoms. The van der Waals surface area contributed by atoms with Crippen molar-refractivity contribution in [2.45, 2.75) is 128 Å². The molecule has 0 radical (unpaired) electrons. The Morgan fingerprint density at radius 2 is 1.17 bits per heavy atom. The van der Waals surface area contributed by atoms with E-state index in [4.69, 9.17) is 0 Å². The molecule has 0 saturated carbocycles. The molecule has 0 aromatic rings. The minimum Gasteiger partial charge on any atom is -0.0654 e. The van der Waals surface area contributed by atoms with E-state index >= 15 is 0 Å². The quantitative estimate of drug-likeness (QED) is 0.416. The minimum absolute atomic E-state index is 0.550. The van der Waals surface area contributed by atoms with Gasteiger partial charge in [0.25, 0.3) is 0 Å². The first-order valence-electron chi connectivity index (χ1n) is 10.6. The second kappa shape index (κ2) is 18.3. The minimum atomic E-state index is 0.550. The molecule has 0 aliphatic carbocycles. The van der Waals surface area contributed by atoms with E-state index in [1.807, 2.05) is 0 Å². The van der Waals surface area contributed by atoms with Crippen LogP contribution in [0.5, 0.6) is 0 Å². The Balaban J connectivity index is -0.000000262. The molecule has 1 unspecified atom stereocenters. The van der Waals surface area contributed by atoms with E-state index in [2.05, 4.69) is 76.2 Å². The average Bonchev–Trinajstić information content (AvgIpc) is 2.45. The topological polar surface area (TPSA) is 0 Å². The van der Waals surface area contributed by atoms with E-state index in [9.17, 15) is 0 Å². The highest BCUT2D eigenvalue weighted by atomic mass is 14.1. The molecule has 1 atom stereocenters. The van der Waals surface area contributed by atoms with Gasteiger partial charge >= 0.3 is 0 Å². The first kappa shape index (κ1) is 27.8. The lowest BCUT2D eigenvalue weighted by molar-refractivity contribution is 0.362. The van der Waals surface area contributed by atoms with Crippen molar-refractivity contribution in [1.29, 1.82) is 0 Å². The van der Waals surface area contributed by atoms with Crippen molar-refractivity contribution in [3.63, 3.8) is 0 Å². The van der Waals surface area contributed by atoms with Crippen molar-refractivity contribution in [3.8, 4) is 0 Å². The van der Waals surface area contributed by atoms with Gasteiger partial charge in [0, 0.05) is 0 Å². The summed E-state index contributed by atoms with van der Waals surface area (Å²) < 4.78 is 0. The third kappa shape index (κ3) is 27.2. The molecular formula is C23H52. The van der Waals surface area contributed by atoms with E-state index in [1.54, 1.807) is 0 Å². The Morgan fingerprint density at radius 1 is 0.696 bits per heavy atom. The van der Waals surface area contributed by atoms with Crippen LogP contribution < -0.4 is 0 Å². The van der Waals surface area contributed by atoms with Crippen molar-refractivity contribution < 1.29 is 0 Å². The first-order valence-corrected chi connectivity index (χ1v) is 10.6. The lowest BCUT2D eigenvalue weighted by atomic mass is 9.91. The fraction of sp³-hybridized carbons (Fsp3) is 1.00. The summed E-state index contributed by atoms with van der Waals surface area (Å²) >= 11 is 0. The zero-order valence-electron chi connectivity index (χ0n) is 18.9. The molecule has 0 aliphatic rings. The molecule has 0 aromatic heterocycles. The SMILES string of the molecule is CCC(CC)C(C)C.CCCC(C)(C)C.CCCCC(C)CC. The largest absolute Gasteiger partial charge is 0.0654 e. The van der Waals surface area contributed by atoms with Crippen molar-refractivity contribution >= 4 is 0 Å². The molecule has 0 amide bonds. The van der Waals surface area contributed by atoms with Crippen molar-refractivity contribution in [1.82, 2.24) is 0 Å². The monoisotopic (exact) mass is 328 g/mol. The molecule has 0 heteroatoms. The third-order valence-electron chi connectivity index (χ3n) is 4.74. The average molecular weight is 329 g/mol. The normalized spacial score (nSPS) is 12.4. The van der Waals surface area contributed by atoms with E-state index in [0.717, 1.165) is 17.8 Å². The van der Waals surface area contributed by atoms with Gasteiger partial charge < -0.3 is 0 Å². The summed E-state index contributed by atoms with van der Waals surface area (Å²) in [4.78, 5) is 0. The molecular weight excluding hydrogens is 276 g/mol. The van der Waals surface area contributed by atoms with Gasteiger partial charge in [-0.1, -0.05) is 121 Å². The second-order valence-corrected chi connectivity index (χ2v) is 8.79. The Morgan fingerprint density at radius 3 is 1.30 bits per heavy atom. The summed E-state index contributed by atoms with van der Waals surface area (Å²) in [5.74, 6) is 2.79. The van der Waals surface area contributed by atoms with E-state index < -0.39 is 0 Å². The van der Waals surface area contributed by atoms with Crippen LogP contribution in [0.1, 0.15) is 128 Å². The summed E-state index contributed by atoms with van der Waals surface area (Å²) in [6, 6.07) is 0. The molecule has 0 nitrogen and oxygen atoms in total. The maximum atomic E-state index is 2.33. The summed E-state index contributed by atoms with van der Waals surface area (Å²) in [6.07, 6.45) is 10.9. The molecule has 0 heterocycles. The molecule has 144 valence electrons. The summed E-state index contributed by atoms with van der Waals surface area (Å²) in [5, 5.41) is 0. The van der Waals surface area contributed by atoms with Crippen molar-refractivity contribution in [2.24, 2.45) is 23.2 Å². The van der Waals surface area contributed by atoms with Gasteiger partial charge in [-0.15, -0.1) is 0 Å². The van der Waals surface area contributed by atoms with Crippen LogP contribution in [-0.4, -0.2) is 0 Å². The smallest absolute Gasteiger partial charge is 0.0383 e. The second-order valence-electron chi connectivity index (χ2n) is 8.79. The fourth-order valence-electron chi connectivity index (χ4n) is 2.74. The van der Waals surface area contributed by atoms with E-state index in [0.29, 0.717) is 5.41 Å². The van der Waals surface area contributed by atoms with Crippen LogP contribution in [0.4, 0.5) is 0 Å². The molecule has 0 rings (SSSR count). The summed E-state index contributed by atoms with van der Waals surface area (Å²) in [7, 11) is 0. The van der Waals surface area contributed by atoms with Gasteiger partial charge in [-0.2, -0.15) is 0 Å². The molecule has 0 spiro atoms. The lowest BCUT2D eigenvalue weighted by Crippen LogP contribution is -2.04. The molecule has 0 aromatic carbocycles. The number of unbranched alkanes of at least 4 members (excludes halogenated alkanes) is 1. The van der Waals surface area contributed by atoms with E-state index in [1.165, 1.54) is 51.4 Å². The maximum Gasteiger partial charge on any atom is -0.0383 e.